The van der Waals surface area contributed by atoms with Gasteiger partial charge >= 0.3 is 6.18 Å². The Balaban J connectivity index is 2.56. The van der Waals surface area contributed by atoms with E-state index in [0.717, 1.165) is 0 Å². The Morgan fingerprint density at radius 1 is 1.22 bits per heavy atom. The van der Waals surface area contributed by atoms with Crippen molar-refractivity contribution in [2.75, 3.05) is 31.0 Å². The van der Waals surface area contributed by atoms with E-state index in [4.69, 9.17) is 4.74 Å². The minimum Gasteiger partial charge on any atom is -0.495 e. The van der Waals surface area contributed by atoms with Crippen molar-refractivity contribution in [2.45, 2.75) is 19.5 Å². The SMILES string of the molecule is COc1ccc(NC(=O)CCOCC(F)(F)F)cc1NC(C)=O. The molecule has 0 bridgehead atoms. The molecule has 23 heavy (non-hydrogen) atoms. The lowest BCUT2D eigenvalue weighted by Crippen LogP contribution is -2.20. The first-order valence-electron chi connectivity index (χ1n) is 6.61. The van der Waals surface area contributed by atoms with Gasteiger partial charge in [-0.2, -0.15) is 13.2 Å². The molecule has 9 heteroatoms. The summed E-state index contributed by atoms with van der Waals surface area (Å²) >= 11 is 0. The summed E-state index contributed by atoms with van der Waals surface area (Å²) in [6.07, 6.45) is -4.64. The topological polar surface area (TPSA) is 76.7 Å². The predicted molar refractivity (Wildman–Crippen MR) is 77.4 cm³/mol. The van der Waals surface area contributed by atoms with Gasteiger partial charge in [0.15, 0.2) is 0 Å². The molecule has 1 aromatic rings. The monoisotopic (exact) mass is 334 g/mol. The van der Waals surface area contributed by atoms with Gasteiger partial charge in [-0.1, -0.05) is 0 Å². The highest BCUT2D eigenvalue weighted by atomic mass is 19.4. The van der Waals surface area contributed by atoms with Gasteiger partial charge < -0.3 is 20.1 Å². The quantitative estimate of drug-likeness (QED) is 0.752. The minimum absolute atomic E-state index is 0.225. The molecule has 0 fully saturated rings. The molecule has 1 aromatic carbocycles. The summed E-state index contributed by atoms with van der Waals surface area (Å²) in [6, 6.07) is 4.56. The van der Waals surface area contributed by atoms with Gasteiger partial charge in [0, 0.05) is 12.6 Å². The Bertz CT molecular complexity index is 561. The number of ether oxygens (including phenoxy) is 2. The van der Waals surface area contributed by atoms with Crippen molar-refractivity contribution in [3.05, 3.63) is 18.2 Å². The van der Waals surface area contributed by atoms with Gasteiger partial charge in [-0.05, 0) is 18.2 Å². The van der Waals surface area contributed by atoms with Crippen LogP contribution in [0.3, 0.4) is 0 Å². The Kier molecular flexibility index (Phi) is 6.83. The molecule has 0 atom stereocenters. The summed E-state index contributed by atoms with van der Waals surface area (Å²) in [5.74, 6) is -0.412. The van der Waals surface area contributed by atoms with E-state index in [9.17, 15) is 22.8 Å². The van der Waals surface area contributed by atoms with E-state index in [1.807, 2.05) is 0 Å². The van der Waals surface area contributed by atoms with Gasteiger partial charge in [-0.3, -0.25) is 9.59 Å². The molecule has 1 rings (SSSR count). The molecular formula is C14H17F3N2O4. The molecule has 0 aliphatic rings. The summed E-state index contributed by atoms with van der Waals surface area (Å²) in [4.78, 5) is 22.7. The van der Waals surface area contributed by atoms with E-state index >= 15 is 0 Å². The van der Waals surface area contributed by atoms with Crippen LogP contribution in [0.15, 0.2) is 18.2 Å². The Hall–Kier alpha value is -2.29. The predicted octanol–water partition coefficient (Wildman–Crippen LogP) is 2.56. The van der Waals surface area contributed by atoms with Crippen LogP contribution < -0.4 is 15.4 Å². The maximum absolute atomic E-state index is 11.9. The lowest BCUT2D eigenvalue weighted by molar-refractivity contribution is -0.174. The van der Waals surface area contributed by atoms with Crippen LogP contribution in [-0.2, 0) is 14.3 Å². The second-order valence-corrected chi connectivity index (χ2v) is 4.56. The fourth-order valence-electron chi connectivity index (χ4n) is 1.65. The minimum atomic E-state index is -4.42. The number of anilines is 2. The molecule has 2 amide bonds. The zero-order valence-electron chi connectivity index (χ0n) is 12.6. The Labute approximate surface area is 130 Å². The molecule has 0 spiro atoms. The first-order valence-corrected chi connectivity index (χ1v) is 6.61. The maximum atomic E-state index is 11.9. The number of amides is 2. The molecular weight excluding hydrogens is 317 g/mol. The summed E-state index contributed by atoms with van der Waals surface area (Å²) in [5.41, 5.74) is 0.737. The number of nitrogens with one attached hydrogen (secondary N) is 2. The molecule has 0 saturated heterocycles. The molecule has 0 radical (unpaired) electrons. The third-order valence-electron chi connectivity index (χ3n) is 2.53. The molecule has 128 valence electrons. The van der Waals surface area contributed by atoms with Crippen molar-refractivity contribution < 1.29 is 32.2 Å². The van der Waals surface area contributed by atoms with Crippen LogP contribution in [0.25, 0.3) is 0 Å². The molecule has 0 aliphatic carbocycles. The van der Waals surface area contributed by atoms with Crippen LogP contribution in [0.5, 0.6) is 5.75 Å². The molecule has 0 heterocycles. The lowest BCUT2D eigenvalue weighted by atomic mass is 10.2. The Morgan fingerprint density at radius 3 is 2.48 bits per heavy atom. The molecule has 6 nitrogen and oxygen atoms in total. The highest BCUT2D eigenvalue weighted by Gasteiger charge is 2.27. The number of carbonyl (C=O) groups excluding carboxylic acids is 2. The lowest BCUT2D eigenvalue weighted by Gasteiger charge is -2.12. The zero-order valence-corrected chi connectivity index (χ0v) is 12.6. The number of hydrogen-bond acceptors (Lipinski definition) is 4. The van der Waals surface area contributed by atoms with E-state index in [1.54, 1.807) is 12.1 Å². The van der Waals surface area contributed by atoms with E-state index in [1.165, 1.54) is 20.1 Å². The van der Waals surface area contributed by atoms with Crippen LogP contribution in [0.2, 0.25) is 0 Å². The smallest absolute Gasteiger partial charge is 0.411 e. The van der Waals surface area contributed by atoms with E-state index in [0.29, 0.717) is 17.1 Å². The normalized spacial score (nSPS) is 11.0. The second-order valence-electron chi connectivity index (χ2n) is 4.56. The van der Waals surface area contributed by atoms with Crippen molar-refractivity contribution in [3.63, 3.8) is 0 Å². The van der Waals surface area contributed by atoms with Crippen molar-refractivity contribution in [2.24, 2.45) is 0 Å². The number of benzene rings is 1. The van der Waals surface area contributed by atoms with Gasteiger partial charge in [-0.15, -0.1) is 0 Å². The summed E-state index contributed by atoms with van der Waals surface area (Å²) in [5, 5.41) is 5.04. The van der Waals surface area contributed by atoms with Crippen LogP contribution in [0.1, 0.15) is 13.3 Å². The van der Waals surface area contributed by atoms with Crippen molar-refractivity contribution in [1.82, 2.24) is 0 Å². The van der Waals surface area contributed by atoms with Crippen LogP contribution in [0, 0.1) is 0 Å². The highest BCUT2D eigenvalue weighted by molar-refractivity contribution is 5.94. The molecule has 0 aliphatic heterocycles. The summed E-state index contributed by atoms with van der Waals surface area (Å²) in [6.45, 7) is -0.418. The van der Waals surface area contributed by atoms with E-state index in [-0.39, 0.29) is 18.9 Å². The average molecular weight is 334 g/mol. The summed E-state index contributed by atoms with van der Waals surface area (Å²) in [7, 11) is 1.43. The fraction of sp³-hybridized carbons (Fsp3) is 0.429. The Morgan fingerprint density at radius 2 is 1.91 bits per heavy atom. The fourth-order valence-corrected chi connectivity index (χ4v) is 1.65. The maximum Gasteiger partial charge on any atom is 0.411 e. The van der Waals surface area contributed by atoms with Crippen LogP contribution in [-0.4, -0.2) is 38.3 Å². The zero-order chi connectivity index (χ0) is 17.5. The van der Waals surface area contributed by atoms with Gasteiger partial charge in [-0.25, -0.2) is 0 Å². The van der Waals surface area contributed by atoms with Gasteiger partial charge in [0.1, 0.15) is 12.4 Å². The first kappa shape index (κ1) is 18.8. The molecule has 2 N–H and O–H groups in total. The van der Waals surface area contributed by atoms with E-state index in [2.05, 4.69) is 15.4 Å². The number of alkyl halides is 3. The number of rotatable bonds is 7. The number of halogens is 3. The number of hydrogen-bond donors (Lipinski definition) is 2. The first-order chi connectivity index (χ1) is 10.7. The molecule has 0 saturated carbocycles. The van der Waals surface area contributed by atoms with Gasteiger partial charge in [0.05, 0.1) is 25.8 Å². The van der Waals surface area contributed by atoms with Crippen LogP contribution in [0.4, 0.5) is 24.5 Å². The molecule has 0 aromatic heterocycles. The van der Waals surface area contributed by atoms with Crippen molar-refractivity contribution in [3.8, 4) is 5.75 Å². The van der Waals surface area contributed by atoms with E-state index < -0.39 is 18.7 Å². The molecule has 0 unspecified atom stereocenters. The van der Waals surface area contributed by atoms with Crippen molar-refractivity contribution >= 4 is 23.2 Å². The third kappa shape index (κ3) is 7.50. The van der Waals surface area contributed by atoms with Gasteiger partial charge in [0.25, 0.3) is 0 Å². The summed E-state index contributed by atoms with van der Waals surface area (Å²) < 4.78 is 45.0. The number of methoxy groups -OCH3 is 1. The standard InChI is InChI=1S/C14H17F3N2O4/c1-9(20)18-11-7-10(3-4-12(11)22-2)19-13(21)5-6-23-8-14(15,16)17/h3-4,7H,5-6,8H2,1-2H3,(H,18,20)(H,19,21). The highest BCUT2D eigenvalue weighted by Crippen LogP contribution is 2.27. The number of carbonyl (C=O) groups is 2. The average Bonchev–Trinajstić information content (AvgIpc) is 2.42. The van der Waals surface area contributed by atoms with Crippen molar-refractivity contribution in [1.29, 1.82) is 0 Å². The largest absolute Gasteiger partial charge is 0.495 e. The third-order valence-corrected chi connectivity index (χ3v) is 2.53. The second kappa shape index (κ2) is 8.37. The van der Waals surface area contributed by atoms with Crippen LogP contribution >= 0.6 is 0 Å². The van der Waals surface area contributed by atoms with Gasteiger partial charge in [0.2, 0.25) is 11.8 Å².